The molecular formula is C17H22N4O2. The molecule has 1 amide bonds. The molecule has 1 aromatic rings. The van der Waals surface area contributed by atoms with Crippen molar-refractivity contribution in [3.63, 3.8) is 0 Å². The third kappa shape index (κ3) is 1.97. The van der Waals surface area contributed by atoms with Crippen molar-refractivity contribution in [1.82, 2.24) is 9.80 Å². The molecule has 1 spiro atoms. The van der Waals surface area contributed by atoms with Crippen LogP contribution in [0, 0.1) is 5.41 Å². The highest BCUT2D eigenvalue weighted by atomic mass is 16.5. The maximum Gasteiger partial charge on any atom is 0.273 e. The fraction of sp³-hybridized carbons (Fsp3) is 0.529. The number of hydrogen-bond donors (Lipinski definition) is 2. The highest BCUT2D eigenvalue weighted by Gasteiger charge is 2.71. The Labute approximate surface area is 135 Å². The second kappa shape index (κ2) is 4.96. The van der Waals surface area contributed by atoms with Gasteiger partial charge in [0.25, 0.3) is 5.91 Å². The van der Waals surface area contributed by atoms with E-state index in [1.165, 1.54) is 6.42 Å². The van der Waals surface area contributed by atoms with E-state index in [4.69, 9.17) is 10.1 Å². The smallest absolute Gasteiger partial charge is 0.273 e. The zero-order chi connectivity index (χ0) is 16.2. The van der Waals surface area contributed by atoms with E-state index in [1.807, 2.05) is 17.9 Å². The molecular weight excluding hydrogens is 292 g/mol. The van der Waals surface area contributed by atoms with Crippen LogP contribution in [0.15, 0.2) is 18.2 Å². The fourth-order valence-electron chi connectivity index (χ4n) is 4.01. The van der Waals surface area contributed by atoms with Crippen LogP contribution >= 0.6 is 0 Å². The Kier molecular flexibility index (Phi) is 3.13. The fourth-order valence-corrected chi connectivity index (χ4v) is 4.01. The monoisotopic (exact) mass is 314 g/mol. The Hall–Kier alpha value is -2.08. The first-order chi connectivity index (χ1) is 11.1. The van der Waals surface area contributed by atoms with Gasteiger partial charge in [0, 0.05) is 35.9 Å². The molecule has 0 bridgehead atoms. The summed E-state index contributed by atoms with van der Waals surface area (Å²) in [6.07, 6.45) is 2.27. The van der Waals surface area contributed by atoms with E-state index in [-0.39, 0.29) is 17.2 Å². The van der Waals surface area contributed by atoms with Crippen LogP contribution in [0.25, 0.3) is 0 Å². The van der Waals surface area contributed by atoms with Crippen molar-refractivity contribution < 1.29 is 9.53 Å². The summed E-state index contributed by atoms with van der Waals surface area (Å²) in [5.74, 6) is 0.557. The van der Waals surface area contributed by atoms with Crippen molar-refractivity contribution in [3.05, 3.63) is 23.8 Å². The first-order valence-electron chi connectivity index (χ1n) is 8.17. The minimum absolute atomic E-state index is 0.0631. The predicted molar refractivity (Wildman–Crippen MR) is 88.2 cm³/mol. The predicted octanol–water partition coefficient (Wildman–Crippen LogP) is 1.51. The van der Waals surface area contributed by atoms with Gasteiger partial charge in [-0.3, -0.25) is 15.1 Å². The van der Waals surface area contributed by atoms with E-state index in [9.17, 15) is 4.79 Å². The topological polar surface area (TPSA) is 68.7 Å². The summed E-state index contributed by atoms with van der Waals surface area (Å²) in [4.78, 5) is 17.1. The van der Waals surface area contributed by atoms with E-state index in [1.54, 1.807) is 19.2 Å². The van der Waals surface area contributed by atoms with Crippen molar-refractivity contribution in [3.8, 4) is 5.75 Å². The van der Waals surface area contributed by atoms with Gasteiger partial charge in [0.1, 0.15) is 11.5 Å². The molecule has 122 valence electrons. The van der Waals surface area contributed by atoms with Gasteiger partial charge in [-0.2, -0.15) is 0 Å². The quantitative estimate of drug-likeness (QED) is 0.809. The maximum atomic E-state index is 12.8. The van der Waals surface area contributed by atoms with Crippen LogP contribution in [0.2, 0.25) is 0 Å². The third-order valence-electron chi connectivity index (χ3n) is 5.49. The zero-order valence-corrected chi connectivity index (χ0v) is 13.6. The maximum absolute atomic E-state index is 12.8. The van der Waals surface area contributed by atoms with Crippen molar-refractivity contribution >= 4 is 17.3 Å². The van der Waals surface area contributed by atoms with E-state index in [0.717, 1.165) is 30.9 Å². The molecule has 3 aliphatic rings. The SMILES string of the molecule is CCNc1cc(OC)ccc1C(=N)C(=O)N1CN2CCC23CC13. The molecule has 1 aliphatic carbocycles. The number of carbonyl (C=O) groups excluding carboxylic acids is 1. The first-order valence-corrected chi connectivity index (χ1v) is 8.17. The van der Waals surface area contributed by atoms with E-state index in [0.29, 0.717) is 18.3 Å². The molecule has 0 aromatic heterocycles. The second-order valence-electron chi connectivity index (χ2n) is 6.57. The minimum atomic E-state index is -0.161. The molecule has 6 heteroatoms. The van der Waals surface area contributed by atoms with Crippen molar-refractivity contribution in [2.75, 3.05) is 32.2 Å². The third-order valence-corrected chi connectivity index (χ3v) is 5.49. The average Bonchev–Trinajstić information content (AvgIpc) is 3.27. The molecule has 6 nitrogen and oxygen atoms in total. The van der Waals surface area contributed by atoms with Gasteiger partial charge in [-0.15, -0.1) is 0 Å². The lowest BCUT2D eigenvalue weighted by molar-refractivity contribution is -0.125. The second-order valence-corrected chi connectivity index (χ2v) is 6.57. The summed E-state index contributed by atoms with van der Waals surface area (Å²) in [5.41, 5.74) is 1.76. The van der Waals surface area contributed by atoms with Crippen molar-refractivity contribution in [1.29, 1.82) is 5.41 Å². The molecule has 1 aromatic carbocycles. The lowest BCUT2D eigenvalue weighted by atomic mass is 10.0. The van der Waals surface area contributed by atoms with Crippen molar-refractivity contribution in [2.45, 2.75) is 31.3 Å². The Morgan fingerprint density at radius 1 is 1.52 bits per heavy atom. The van der Waals surface area contributed by atoms with Crippen molar-refractivity contribution in [2.24, 2.45) is 0 Å². The average molecular weight is 314 g/mol. The summed E-state index contributed by atoms with van der Waals surface area (Å²) in [6.45, 7) is 4.48. The van der Waals surface area contributed by atoms with E-state index < -0.39 is 0 Å². The Morgan fingerprint density at radius 2 is 2.35 bits per heavy atom. The molecule has 2 unspecified atom stereocenters. The standard InChI is InChI=1S/C17H22N4O2/c1-3-19-13-8-11(23-2)4-5-12(13)15(18)16(22)21-10-20-7-6-17(20)9-14(17)21/h4-5,8,14,18-19H,3,6-7,9-10H2,1-2H3. The lowest BCUT2D eigenvalue weighted by Gasteiger charge is -2.37. The highest BCUT2D eigenvalue weighted by Crippen LogP contribution is 2.58. The summed E-state index contributed by atoms with van der Waals surface area (Å²) in [7, 11) is 1.61. The summed E-state index contributed by atoms with van der Waals surface area (Å²) in [6, 6.07) is 5.76. The number of nitrogens with one attached hydrogen (secondary N) is 2. The molecule has 3 fully saturated rings. The lowest BCUT2D eigenvalue weighted by Crippen LogP contribution is -2.48. The van der Waals surface area contributed by atoms with Gasteiger partial charge in [0.2, 0.25) is 0 Å². The van der Waals surface area contributed by atoms with Gasteiger partial charge in [0.05, 0.1) is 19.8 Å². The number of ether oxygens (including phenoxy) is 1. The van der Waals surface area contributed by atoms with E-state index >= 15 is 0 Å². The zero-order valence-electron chi connectivity index (χ0n) is 13.6. The Morgan fingerprint density at radius 3 is 2.87 bits per heavy atom. The largest absolute Gasteiger partial charge is 0.497 e. The van der Waals surface area contributed by atoms with Gasteiger partial charge in [-0.1, -0.05) is 0 Å². The highest BCUT2D eigenvalue weighted by molar-refractivity contribution is 6.45. The Bertz CT molecular complexity index is 689. The number of nitrogens with zero attached hydrogens (tertiary/aromatic N) is 2. The molecule has 2 N–H and O–H groups in total. The Balaban J connectivity index is 1.58. The number of amides is 1. The summed E-state index contributed by atoms with van der Waals surface area (Å²) < 4.78 is 5.24. The number of anilines is 1. The summed E-state index contributed by atoms with van der Waals surface area (Å²) >= 11 is 0. The van der Waals surface area contributed by atoms with Gasteiger partial charge in [0.15, 0.2) is 0 Å². The number of hydrogen-bond acceptors (Lipinski definition) is 5. The number of benzene rings is 1. The molecule has 2 aliphatic heterocycles. The van der Waals surface area contributed by atoms with Gasteiger partial charge >= 0.3 is 0 Å². The van der Waals surface area contributed by atoms with Gasteiger partial charge in [-0.25, -0.2) is 0 Å². The normalized spacial score (nSPS) is 27.7. The molecule has 2 saturated heterocycles. The number of carbonyl (C=O) groups is 1. The molecule has 2 heterocycles. The molecule has 23 heavy (non-hydrogen) atoms. The van der Waals surface area contributed by atoms with Gasteiger partial charge < -0.3 is 15.0 Å². The van der Waals surface area contributed by atoms with Crippen LogP contribution in [0.1, 0.15) is 25.3 Å². The van der Waals surface area contributed by atoms with Crippen LogP contribution in [0.3, 0.4) is 0 Å². The van der Waals surface area contributed by atoms with Crippen LogP contribution < -0.4 is 10.1 Å². The van der Waals surface area contributed by atoms with Gasteiger partial charge in [-0.05, 0) is 31.9 Å². The molecule has 2 atom stereocenters. The van der Waals surface area contributed by atoms with Crippen LogP contribution in [0.4, 0.5) is 5.69 Å². The van der Waals surface area contributed by atoms with Crippen LogP contribution in [-0.2, 0) is 4.79 Å². The van der Waals surface area contributed by atoms with Crippen LogP contribution in [-0.4, -0.2) is 59.9 Å². The summed E-state index contributed by atoms with van der Waals surface area (Å²) in [5, 5.41) is 11.6. The number of methoxy groups -OCH3 is 1. The first kappa shape index (κ1) is 14.5. The molecule has 1 saturated carbocycles. The molecule has 4 rings (SSSR count). The van der Waals surface area contributed by atoms with E-state index in [2.05, 4.69) is 10.2 Å². The molecule has 0 radical (unpaired) electrons. The number of rotatable bonds is 5. The minimum Gasteiger partial charge on any atom is -0.497 e. The van der Waals surface area contributed by atoms with Crippen LogP contribution in [0.5, 0.6) is 5.75 Å².